The van der Waals surface area contributed by atoms with E-state index in [1.54, 1.807) is 21.3 Å². The van der Waals surface area contributed by atoms with Crippen LogP contribution in [-0.4, -0.2) is 65.6 Å². The van der Waals surface area contributed by atoms with Crippen molar-refractivity contribution in [1.29, 1.82) is 0 Å². The van der Waals surface area contributed by atoms with E-state index in [1.807, 2.05) is 18.2 Å². The molecule has 3 rings (SSSR count). The molecule has 0 radical (unpaired) electrons. The van der Waals surface area contributed by atoms with Crippen molar-refractivity contribution in [3.63, 3.8) is 0 Å². The number of ether oxygens (including phenoxy) is 7. The summed E-state index contributed by atoms with van der Waals surface area (Å²) in [7, 11) is 4.76. The summed E-state index contributed by atoms with van der Waals surface area (Å²) in [5, 5.41) is 0. The van der Waals surface area contributed by atoms with Gasteiger partial charge in [-0.2, -0.15) is 0 Å². The molecule has 1 aliphatic heterocycles. The zero-order valence-corrected chi connectivity index (χ0v) is 15.8. The zero-order chi connectivity index (χ0) is 19.2. The maximum absolute atomic E-state index is 12.7. The Kier molecular flexibility index (Phi) is 7.03. The Hall–Kier alpha value is -1.71. The largest absolute Gasteiger partial charge is 0.497 e. The van der Waals surface area contributed by atoms with Crippen LogP contribution in [0.2, 0.25) is 0 Å². The van der Waals surface area contributed by atoms with Crippen molar-refractivity contribution in [3.05, 3.63) is 23.8 Å². The molecule has 1 saturated carbocycles. The van der Waals surface area contributed by atoms with E-state index in [4.69, 9.17) is 33.2 Å². The maximum atomic E-state index is 12.7. The van der Waals surface area contributed by atoms with Crippen LogP contribution in [0.25, 0.3) is 0 Å². The lowest BCUT2D eigenvalue weighted by molar-refractivity contribution is -0.159. The molecule has 0 bridgehead atoms. The van der Waals surface area contributed by atoms with Crippen LogP contribution in [0.5, 0.6) is 11.5 Å². The lowest BCUT2D eigenvalue weighted by Gasteiger charge is -2.34. The van der Waals surface area contributed by atoms with E-state index >= 15 is 0 Å². The Morgan fingerprint density at radius 3 is 2.74 bits per heavy atom. The first kappa shape index (κ1) is 20.0. The second kappa shape index (κ2) is 9.48. The van der Waals surface area contributed by atoms with Crippen LogP contribution in [0.1, 0.15) is 12.0 Å². The number of carbonyl (C=O) groups is 1. The van der Waals surface area contributed by atoms with Gasteiger partial charge in [0.1, 0.15) is 37.3 Å². The monoisotopic (exact) mass is 382 g/mol. The molecule has 0 aromatic heterocycles. The van der Waals surface area contributed by atoms with Crippen LogP contribution in [0.3, 0.4) is 0 Å². The summed E-state index contributed by atoms with van der Waals surface area (Å²) in [5.41, 5.74) is 0.852. The van der Waals surface area contributed by atoms with Gasteiger partial charge >= 0.3 is 0 Å². The molecule has 150 valence electrons. The van der Waals surface area contributed by atoms with Gasteiger partial charge in [0.05, 0.1) is 33.5 Å². The van der Waals surface area contributed by atoms with E-state index in [0.29, 0.717) is 18.8 Å². The SMILES string of the molecule is COCO[C@@H]1C[C@H](COCc2cc(OC)ccc2OC)C(=O)[C@H]2OCO[C@H]21. The van der Waals surface area contributed by atoms with Crippen molar-refractivity contribution < 1.29 is 38.0 Å². The summed E-state index contributed by atoms with van der Waals surface area (Å²) in [6.07, 6.45) is -0.764. The molecule has 2 fully saturated rings. The minimum absolute atomic E-state index is 0.00706. The fourth-order valence-corrected chi connectivity index (χ4v) is 3.46. The Morgan fingerprint density at radius 2 is 2.00 bits per heavy atom. The molecule has 2 aliphatic rings. The summed E-state index contributed by atoms with van der Waals surface area (Å²) < 4.78 is 38.1. The van der Waals surface area contributed by atoms with Crippen LogP contribution < -0.4 is 9.47 Å². The van der Waals surface area contributed by atoms with Gasteiger partial charge in [-0.25, -0.2) is 0 Å². The molecule has 1 aliphatic carbocycles. The van der Waals surface area contributed by atoms with E-state index in [1.165, 1.54) is 0 Å². The standard InChI is InChI=1S/C19H26O8/c1-21-10-25-16-7-13(17(20)19-18(16)26-11-27-19)9-24-8-12-6-14(22-2)4-5-15(12)23-3/h4-6,13,16,18-19H,7-11H2,1-3H3/t13-,16-,18+,19-/m1/s1. The summed E-state index contributed by atoms with van der Waals surface area (Å²) in [4.78, 5) is 12.7. The van der Waals surface area contributed by atoms with Gasteiger partial charge < -0.3 is 33.2 Å². The van der Waals surface area contributed by atoms with Gasteiger partial charge in [0.2, 0.25) is 0 Å². The average molecular weight is 382 g/mol. The molecule has 1 heterocycles. The highest BCUT2D eigenvalue weighted by Gasteiger charge is 2.49. The molecule has 1 aromatic rings. The van der Waals surface area contributed by atoms with E-state index in [0.717, 1.165) is 11.3 Å². The van der Waals surface area contributed by atoms with Crippen LogP contribution in [0.15, 0.2) is 18.2 Å². The molecule has 0 amide bonds. The first-order valence-electron chi connectivity index (χ1n) is 8.84. The minimum atomic E-state index is -0.611. The highest BCUT2D eigenvalue weighted by Crippen LogP contribution is 2.32. The number of Topliss-reactive ketones (excluding diaryl/α,β-unsaturated/α-hetero) is 1. The normalized spacial score (nSPS) is 27.4. The van der Waals surface area contributed by atoms with E-state index in [2.05, 4.69) is 0 Å². The quantitative estimate of drug-likeness (QED) is 0.595. The number of carbonyl (C=O) groups excluding carboxylic acids is 1. The maximum Gasteiger partial charge on any atom is 0.169 e. The average Bonchev–Trinajstić information content (AvgIpc) is 3.19. The molecule has 8 heteroatoms. The highest BCUT2D eigenvalue weighted by atomic mass is 16.7. The fraction of sp³-hybridized carbons (Fsp3) is 0.632. The van der Waals surface area contributed by atoms with E-state index in [9.17, 15) is 4.79 Å². The van der Waals surface area contributed by atoms with Crippen LogP contribution in [-0.2, 0) is 35.1 Å². The molecule has 27 heavy (non-hydrogen) atoms. The van der Waals surface area contributed by atoms with Gasteiger partial charge in [-0.15, -0.1) is 0 Å². The third kappa shape index (κ3) is 4.59. The molecule has 0 unspecified atom stereocenters. The first-order chi connectivity index (χ1) is 13.2. The van der Waals surface area contributed by atoms with Crippen molar-refractivity contribution in [2.45, 2.75) is 31.3 Å². The third-order valence-electron chi connectivity index (χ3n) is 4.84. The van der Waals surface area contributed by atoms with E-state index in [-0.39, 0.29) is 44.1 Å². The first-order valence-corrected chi connectivity index (χ1v) is 8.84. The third-order valence-corrected chi connectivity index (χ3v) is 4.84. The van der Waals surface area contributed by atoms with Gasteiger partial charge in [-0.05, 0) is 24.6 Å². The molecule has 1 aromatic carbocycles. The number of ketones is 1. The van der Waals surface area contributed by atoms with Crippen LogP contribution in [0.4, 0.5) is 0 Å². The second-order valence-electron chi connectivity index (χ2n) is 6.48. The fourth-order valence-electron chi connectivity index (χ4n) is 3.46. The number of hydrogen-bond donors (Lipinski definition) is 0. The number of methoxy groups -OCH3 is 3. The van der Waals surface area contributed by atoms with Crippen molar-refractivity contribution >= 4 is 5.78 Å². The smallest absolute Gasteiger partial charge is 0.169 e. The Bertz CT molecular complexity index is 634. The number of benzene rings is 1. The molecule has 4 atom stereocenters. The summed E-state index contributed by atoms with van der Waals surface area (Å²) >= 11 is 0. The lowest BCUT2D eigenvalue weighted by Crippen LogP contribution is -2.51. The molecule has 0 N–H and O–H groups in total. The van der Waals surface area contributed by atoms with Crippen LogP contribution >= 0.6 is 0 Å². The summed E-state index contributed by atoms with van der Waals surface area (Å²) in [5.74, 6) is 1.09. The van der Waals surface area contributed by atoms with Crippen molar-refractivity contribution in [2.24, 2.45) is 5.92 Å². The molecule has 8 nitrogen and oxygen atoms in total. The molecular formula is C19H26O8. The molecule has 0 spiro atoms. The van der Waals surface area contributed by atoms with Crippen LogP contribution in [0, 0.1) is 5.92 Å². The highest BCUT2D eigenvalue weighted by molar-refractivity contribution is 5.87. The Balaban J connectivity index is 1.60. The Labute approximate surface area is 158 Å². The number of hydrogen-bond acceptors (Lipinski definition) is 8. The number of fused-ring (bicyclic) bond motifs is 1. The second-order valence-corrected chi connectivity index (χ2v) is 6.48. The predicted molar refractivity (Wildman–Crippen MR) is 93.7 cm³/mol. The predicted octanol–water partition coefficient (Wildman–Crippen LogP) is 1.54. The van der Waals surface area contributed by atoms with Gasteiger partial charge in [-0.1, -0.05) is 0 Å². The zero-order valence-electron chi connectivity index (χ0n) is 15.8. The van der Waals surface area contributed by atoms with Gasteiger partial charge in [0.15, 0.2) is 5.78 Å². The lowest BCUT2D eigenvalue weighted by atomic mass is 9.82. The van der Waals surface area contributed by atoms with Gasteiger partial charge in [0, 0.05) is 18.6 Å². The van der Waals surface area contributed by atoms with E-state index < -0.39 is 6.10 Å². The number of rotatable bonds is 9. The van der Waals surface area contributed by atoms with Crippen molar-refractivity contribution in [2.75, 3.05) is 41.5 Å². The van der Waals surface area contributed by atoms with Gasteiger partial charge in [-0.3, -0.25) is 4.79 Å². The molecular weight excluding hydrogens is 356 g/mol. The summed E-state index contributed by atoms with van der Waals surface area (Å²) in [6, 6.07) is 5.50. The summed E-state index contributed by atoms with van der Waals surface area (Å²) in [6.45, 7) is 0.806. The topological polar surface area (TPSA) is 81.7 Å². The van der Waals surface area contributed by atoms with Crippen molar-refractivity contribution in [1.82, 2.24) is 0 Å². The van der Waals surface area contributed by atoms with Gasteiger partial charge in [0.25, 0.3) is 0 Å². The Morgan fingerprint density at radius 1 is 1.15 bits per heavy atom. The van der Waals surface area contributed by atoms with Crippen molar-refractivity contribution in [3.8, 4) is 11.5 Å². The molecule has 1 saturated heterocycles. The minimum Gasteiger partial charge on any atom is -0.497 e.